The molecule has 1 aliphatic rings. The quantitative estimate of drug-likeness (QED) is 0.683. The van der Waals surface area contributed by atoms with E-state index < -0.39 is 0 Å². The highest BCUT2D eigenvalue weighted by molar-refractivity contribution is 6.31. The Kier molecular flexibility index (Phi) is 2.26. The molecule has 0 spiro atoms. The van der Waals surface area contributed by atoms with E-state index in [4.69, 9.17) is 16.3 Å². The van der Waals surface area contributed by atoms with Crippen LogP contribution in [0.2, 0.25) is 5.02 Å². The van der Waals surface area contributed by atoms with E-state index in [0.717, 1.165) is 34.5 Å². The lowest BCUT2D eigenvalue weighted by atomic mass is 10.1. The van der Waals surface area contributed by atoms with Gasteiger partial charge in [0.1, 0.15) is 12.1 Å². The maximum atomic E-state index is 6.12. The molecule has 3 heterocycles. The Balaban J connectivity index is 2.13. The molecule has 3 aromatic rings. The zero-order valence-electron chi connectivity index (χ0n) is 10.0. The first-order valence-corrected chi connectivity index (χ1v) is 6.44. The van der Waals surface area contributed by atoms with Crippen LogP contribution in [0.4, 0.5) is 0 Å². The highest BCUT2D eigenvalue weighted by atomic mass is 35.5. The zero-order chi connectivity index (χ0) is 12.8. The summed E-state index contributed by atoms with van der Waals surface area (Å²) in [6.07, 6.45) is 6.21. The summed E-state index contributed by atoms with van der Waals surface area (Å²) in [4.78, 5) is 8.68. The van der Waals surface area contributed by atoms with Crippen LogP contribution in [0, 0.1) is 0 Å². The molecule has 0 fully saturated rings. The lowest BCUT2D eigenvalue weighted by Crippen LogP contribution is -1.98. The molecule has 5 heteroatoms. The summed E-state index contributed by atoms with van der Waals surface area (Å²) in [5, 5.41) is 2.87. The third kappa shape index (κ3) is 1.60. The van der Waals surface area contributed by atoms with Crippen molar-refractivity contribution in [3.63, 3.8) is 0 Å². The fourth-order valence-corrected chi connectivity index (χ4v) is 2.67. The summed E-state index contributed by atoms with van der Waals surface area (Å²) >= 11 is 6.12. The maximum Gasteiger partial charge on any atom is 0.219 e. The van der Waals surface area contributed by atoms with Gasteiger partial charge in [-0.2, -0.15) is 4.98 Å². The summed E-state index contributed by atoms with van der Waals surface area (Å²) in [7, 11) is 0. The van der Waals surface area contributed by atoms with Gasteiger partial charge in [-0.1, -0.05) is 17.7 Å². The number of nitrogens with zero attached hydrogens (tertiary/aromatic N) is 3. The maximum absolute atomic E-state index is 6.12. The second-order valence-electron chi connectivity index (χ2n) is 4.48. The van der Waals surface area contributed by atoms with Gasteiger partial charge in [-0.25, -0.2) is 4.98 Å². The molecule has 4 rings (SSSR count). The number of rotatable bonds is 1. The van der Waals surface area contributed by atoms with Crippen molar-refractivity contribution in [1.29, 1.82) is 0 Å². The average molecular weight is 272 g/mol. The van der Waals surface area contributed by atoms with Crippen molar-refractivity contribution < 1.29 is 4.74 Å². The van der Waals surface area contributed by atoms with Gasteiger partial charge < -0.3 is 4.74 Å². The van der Waals surface area contributed by atoms with Crippen molar-refractivity contribution in [1.82, 2.24) is 14.5 Å². The van der Waals surface area contributed by atoms with Gasteiger partial charge in [-0.15, -0.1) is 0 Å². The van der Waals surface area contributed by atoms with Gasteiger partial charge in [0.05, 0.1) is 6.61 Å². The molecule has 1 aliphatic heterocycles. The van der Waals surface area contributed by atoms with Crippen molar-refractivity contribution in [3.05, 3.63) is 47.5 Å². The van der Waals surface area contributed by atoms with E-state index in [9.17, 15) is 0 Å². The first-order chi connectivity index (χ1) is 9.33. The molecule has 0 N–H and O–H groups in total. The lowest BCUT2D eigenvalue weighted by molar-refractivity contribution is 0.344. The summed E-state index contributed by atoms with van der Waals surface area (Å²) in [6, 6.07) is 5.88. The smallest absolute Gasteiger partial charge is 0.219 e. The Hall–Kier alpha value is -2.07. The van der Waals surface area contributed by atoms with Crippen LogP contribution in [0.15, 0.2) is 36.9 Å². The van der Waals surface area contributed by atoms with Gasteiger partial charge in [0.25, 0.3) is 0 Å². The van der Waals surface area contributed by atoms with E-state index in [-0.39, 0.29) is 0 Å². The van der Waals surface area contributed by atoms with Crippen molar-refractivity contribution in [2.45, 2.75) is 6.42 Å². The van der Waals surface area contributed by atoms with Crippen LogP contribution in [0.25, 0.3) is 16.6 Å². The standard InChI is InChI=1S/C14H10ClN3O/c15-9-1-2-10-11-3-6-19-14(11)17-13(12(10)7-9)18-5-4-16-8-18/h1-2,4-5,7-8H,3,6H2. The molecule has 0 saturated carbocycles. The average Bonchev–Trinajstić information content (AvgIpc) is 3.08. The number of fused-ring (bicyclic) bond motifs is 3. The Bertz CT molecular complexity index is 768. The van der Waals surface area contributed by atoms with Crippen molar-refractivity contribution in [3.8, 4) is 11.7 Å². The number of halogens is 1. The second-order valence-corrected chi connectivity index (χ2v) is 4.91. The monoisotopic (exact) mass is 271 g/mol. The molecule has 0 amide bonds. The van der Waals surface area contributed by atoms with Crippen molar-refractivity contribution in [2.75, 3.05) is 6.61 Å². The van der Waals surface area contributed by atoms with E-state index in [1.807, 2.05) is 29.0 Å². The van der Waals surface area contributed by atoms with Crippen LogP contribution in [-0.4, -0.2) is 21.1 Å². The molecule has 0 saturated heterocycles. The summed E-state index contributed by atoms with van der Waals surface area (Å²) in [5.74, 6) is 1.52. The fourth-order valence-electron chi connectivity index (χ4n) is 2.50. The van der Waals surface area contributed by atoms with Gasteiger partial charge >= 0.3 is 0 Å². The van der Waals surface area contributed by atoms with Gasteiger partial charge in [-0.05, 0) is 17.5 Å². The van der Waals surface area contributed by atoms with Crippen LogP contribution in [0.3, 0.4) is 0 Å². The molecule has 0 radical (unpaired) electrons. The molecule has 0 aliphatic carbocycles. The van der Waals surface area contributed by atoms with E-state index >= 15 is 0 Å². The third-order valence-electron chi connectivity index (χ3n) is 3.35. The SMILES string of the molecule is Clc1ccc2c3c(nc(-n4ccnc4)c2c1)OCC3. The first kappa shape index (κ1) is 10.8. The van der Waals surface area contributed by atoms with Gasteiger partial charge in [0, 0.05) is 34.8 Å². The van der Waals surface area contributed by atoms with Crippen LogP contribution >= 0.6 is 11.6 Å². The zero-order valence-corrected chi connectivity index (χ0v) is 10.8. The molecule has 1 aromatic carbocycles. The highest BCUT2D eigenvalue weighted by Crippen LogP contribution is 2.35. The van der Waals surface area contributed by atoms with Crippen LogP contribution < -0.4 is 4.74 Å². The number of pyridine rings is 1. The molecule has 94 valence electrons. The van der Waals surface area contributed by atoms with E-state index in [2.05, 4.69) is 9.97 Å². The van der Waals surface area contributed by atoms with Gasteiger partial charge in [0.15, 0.2) is 0 Å². The number of aromatic nitrogens is 3. The molecule has 4 nitrogen and oxygen atoms in total. The summed E-state index contributed by atoms with van der Waals surface area (Å²) in [6.45, 7) is 0.688. The Morgan fingerprint density at radius 1 is 1.26 bits per heavy atom. The summed E-state index contributed by atoms with van der Waals surface area (Å²) in [5.41, 5.74) is 1.16. The summed E-state index contributed by atoms with van der Waals surface area (Å²) < 4.78 is 7.47. The number of hydrogen-bond acceptors (Lipinski definition) is 3. The highest BCUT2D eigenvalue weighted by Gasteiger charge is 2.20. The number of hydrogen-bond donors (Lipinski definition) is 0. The molecule has 0 bridgehead atoms. The minimum absolute atomic E-state index is 0.688. The number of benzene rings is 1. The Labute approximate surface area is 114 Å². The molecular formula is C14H10ClN3O. The van der Waals surface area contributed by atoms with Gasteiger partial charge in [-0.3, -0.25) is 4.57 Å². The van der Waals surface area contributed by atoms with Crippen molar-refractivity contribution in [2.24, 2.45) is 0 Å². The van der Waals surface area contributed by atoms with Crippen molar-refractivity contribution >= 4 is 22.4 Å². The predicted octanol–water partition coefficient (Wildman–Crippen LogP) is 3.01. The van der Waals surface area contributed by atoms with Crippen LogP contribution in [-0.2, 0) is 6.42 Å². The normalized spacial score (nSPS) is 13.5. The Morgan fingerprint density at radius 3 is 3.05 bits per heavy atom. The minimum atomic E-state index is 0.688. The predicted molar refractivity (Wildman–Crippen MR) is 73.1 cm³/mol. The van der Waals surface area contributed by atoms with Crippen LogP contribution in [0.5, 0.6) is 5.88 Å². The largest absolute Gasteiger partial charge is 0.477 e. The first-order valence-electron chi connectivity index (χ1n) is 6.06. The number of ether oxygens (including phenoxy) is 1. The van der Waals surface area contributed by atoms with E-state index in [1.165, 1.54) is 0 Å². The van der Waals surface area contributed by atoms with Crippen LogP contribution in [0.1, 0.15) is 5.56 Å². The molecular weight excluding hydrogens is 262 g/mol. The number of imidazole rings is 1. The molecule has 0 atom stereocenters. The molecule has 2 aromatic heterocycles. The van der Waals surface area contributed by atoms with Gasteiger partial charge in [0.2, 0.25) is 5.88 Å². The van der Waals surface area contributed by atoms with E-state index in [0.29, 0.717) is 11.6 Å². The third-order valence-corrected chi connectivity index (χ3v) is 3.59. The minimum Gasteiger partial charge on any atom is -0.477 e. The lowest BCUT2D eigenvalue weighted by Gasteiger charge is -2.10. The Morgan fingerprint density at radius 2 is 2.21 bits per heavy atom. The topological polar surface area (TPSA) is 39.9 Å². The fraction of sp³-hybridized carbons (Fsp3) is 0.143. The molecule has 0 unspecified atom stereocenters. The molecule has 19 heavy (non-hydrogen) atoms. The second kappa shape index (κ2) is 3.96. The van der Waals surface area contributed by atoms with E-state index in [1.54, 1.807) is 12.5 Å².